The molecule has 1 saturated heterocycles. The Morgan fingerprint density at radius 2 is 1.90 bits per heavy atom. The highest BCUT2D eigenvalue weighted by Gasteiger charge is 2.41. The Bertz CT molecular complexity index is 373. The second-order valence-electron chi connectivity index (χ2n) is 8.08. The number of hydrogen-bond acceptors (Lipinski definition) is 1. The number of rotatable bonds is 1. The van der Waals surface area contributed by atoms with Crippen molar-refractivity contribution < 1.29 is 4.74 Å². The Labute approximate surface area is 129 Å². The van der Waals surface area contributed by atoms with Gasteiger partial charge in [0.15, 0.2) is 0 Å². The lowest BCUT2D eigenvalue weighted by molar-refractivity contribution is -0.113. The highest BCUT2D eigenvalue weighted by Crippen LogP contribution is 2.47. The smallest absolute Gasteiger partial charge is 0.0688 e. The van der Waals surface area contributed by atoms with E-state index < -0.39 is 0 Å². The molecule has 2 unspecified atom stereocenters. The number of allylic oxidation sites excluding steroid dienone is 2. The summed E-state index contributed by atoms with van der Waals surface area (Å²) >= 11 is 6.48. The molecule has 0 amide bonds. The fourth-order valence-electron chi connectivity index (χ4n) is 4.67. The Morgan fingerprint density at radius 1 is 1.15 bits per heavy atom. The summed E-state index contributed by atoms with van der Waals surface area (Å²) in [4.78, 5) is 0. The van der Waals surface area contributed by atoms with Crippen LogP contribution < -0.4 is 0 Å². The predicted molar refractivity (Wildman–Crippen MR) is 85.2 cm³/mol. The summed E-state index contributed by atoms with van der Waals surface area (Å²) in [5, 5.41) is 0.235. The molecule has 0 aromatic rings. The maximum atomic E-state index is 6.48. The van der Waals surface area contributed by atoms with Crippen LogP contribution in [-0.4, -0.2) is 17.6 Å². The number of alkyl halides is 1. The van der Waals surface area contributed by atoms with Crippen LogP contribution in [0.25, 0.3) is 0 Å². The van der Waals surface area contributed by atoms with Crippen LogP contribution in [0.4, 0.5) is 0 Å². The van der Waals surface area contributed by atoms with Gasteiger partial charge in [-0.3, -0.25) is 0 Å². The van der Waals surface area contributed by atoms with E-state index in [0.717, 1.165) is 18.9 Å². The largest absolute Gasteiger partial charge is 0.375 e. The second kappa shape index (κ2) is 5.65. The first-order valence-electron chi connectivity index (χ1n) is 8.47. The minimum atomic E-state index is 0.214. The van der Waals surface area contributed by atoms with Crippen LogP contribution >= 0.6 is 11.6 Å². The summed E-state index contributed by atoms with van der Waals surface area (Å²) < 4.78 is 6.25. The molecule has 20 heavy (non-hydrogen) atoms. The van der Waals surface area contributed by atoms with Gasteiger partial charge < -0.3 is 4.74 Å². The van der Waals surface area contributed by atoms with E-state index in [-0.39, 0.29) is 11.0 Å². The quantitative estimate of drug-likeness (QED) is 0.460. The van der Waals surface area contributed by atoms with Crippen molar-refractivity contribution in [1.82, 2.24) is 0 Å². The zero-order chi connectivity index (χ0) is 14.2. The molecule has 1 nitrogen and oxygen atoms in total. The monoisotopic (exact) mass is 296 g/mol. The van der Waals surface area contributed by atoms with Crippen molar-refractivity contribution in [3.63, 3.8) is 0 Å². The molecule has 1 heterocycles. The van der Waals surface area contributed by atoms with Crippen LogP contribution in [0.1, 0.15) is 71.6 Å². The van der Waals surface area contributed by atoms with E-state index in [1.54, 1.807) is 5.57 Å². The van der Waals surface area contributed by atoms with Gasteiger partial charge in [-0.05, 0) is 49.9 Å². The summed E-state index contributed by atoms with van der Waals surface area (Å²) in [7, 11) is 0. The van der Waals surface area contributed by atoms with Crippen molar-refractivity contribution >= 4 is 11.6 Å². The number of hydrogen-bond donors (Lipinski definition) is 0. The fraction of sp³-hybridized carbons (Fsp3) is 0.889. The van der Waals surface area contributed by atoms with Gasteiger partial charge in [-0.15, -0.1) is 11.6 Å². The van der Waals surface area contributed by atoms with Gasteiger partial charge in [-0.2, -0.15) is 0 Å². The molecule has 1 spiro atoms. The van der Waals surface area contributed by atoms with Gasteiger partial charge in [0.1, 0.15) is 0 Å². The molecule has 2 heteroatoms. The second-order valence-corrected chi connectivity index (χ2v) is 8.65. The molecule has 0 aromatic heterocycles. The van der Waals surface area contributed by atoms with Crippen molar-refractivity contribution in [2.75, 3.05) is 6.61 Å². The lowest BCUT2D eigenvalue weighted by atomic mass is 9.68. The van der Waals surface area contributed by atoms with Crippen molar-refractivity contribution in [3.8, 4) is 0 Å². The zero-order valence-electron chi connectivity index (χ0n) is 13.1. The molecule has 3 rings (SSSR count). The van der Waals surface area contributed by atoms with Gasteiger partial charge in [0.05, 0.1) is 11.0 Å². The van der Waals surface area contributed by atoms with Crippen molar-refractivity contribution in [2.45, 2.75) is 82.6 Å². The van der Waals surface area contributed by atoms with Crippen molar-refractivity contribution in [1.29, 1.82) is 0 Å². The molecule has 2 aliphatic carbocycles. The molecule has 0 N–H and O–H groups in total. The summed E-state index contributed by atoms with van der Waals surface area (Å²) in [6.07, 6.45) is 13.9. The normalized spacial score (nSPS) is 36.6. The van der Waals surface area contributed by atoms with Crippen molar-refractivity contribution in [2.24, 2.45) is 11.3 Å². The summed E-state index contributed by atoms with van der Waals surface area (Å²) in [6, 6.07) is 0. The third kappa shape index (κ3) is 3.25. The van der Waals surface area contributed by atoms with Gasteiger partial charge >= 0.3 is 0 Å². The van der Waals surface area contributed by atoms with Gasteiger partial charge in [-0.1, -0.05) is 44.8 Å². The molecule has 3 aliphatic rings. The van der Waals surface area contributed by atoms with Crippen LogP contribution in [-0.2, 0) is 4.74 Å². The van der Waals surface area contributed by atoms with Crippen LogP contribution in [0.5, 0.6) is 0 Å². The Balaban J connectivity index is 1.73. The standard InChI is InChI=1S/C18H29ClO/c1-17(2)11-15(10-16(19)13-17)14-6-9-20-18(12-14)7-4-3-5-8-18/h10,14,16H,3-9,11-13H2,1-2H3. The maximum Gasteiger partial charge on any atom is 0.0688 e. The number of ether oxygens (including phenoxy) is 1. The van der Waals surface area contributed by atoms with E-state index in [1.165, 1.54) is 51.4 Å². The van der Waals surface area contributed by atoms with E-state index >= 15 is 0 Å². The average molecular weight is 297 g/mol. The number of halogens is 1. The Hall–Kier alpha value is -0.0100. The van der Waals surface area contributed by atoms with Gasteiger partial charge in [0.25, 0.3) is 0 Å². The molecule has 2 atom stereocenters. The van der Waals surface area contributed by atoms with E-state index in [0.29, 0.717) is 5.41 Å². The highest BCUT2D eigenvalue weighted by molar-refractivity contribution is 6.21. The van der Waals surface area contributed by atoms with Gasteiger partial charge in [-0.25, -0.2) is 0 Å². The average Bonchev–Trinajstić information content (AvgIpc) is 2.37. The predicted octanol–water partition coefficient (Wildman–Crippen LogP) is 5.47. The van der Waals surface area contributed by atoms with E-state index in [1.807, 2.05) is 0 Å². The topological polar surface area (TPSA) is 9.23 Å². The molecule has 2 fully saturated rings. The summed E-state index contributed by atoms with van der Waals surface area (Å²) in [6.45, 7) is 5.69. The van der Waals surface area contributed by atoms with Crippen LogP contribution in [0, 0.1) is 11.3 Å². The molecular formula is C18H29ClO. The first-order chi connectivity index (χ1) is 9.48. The highest BCUT2D eigenvalue weighted by atomic mass is 35.5. The lowest BCUT2D eigenvalue weighted by Crippen LogP contribution is -2.42. The Morgan fingerprint density at radius 3 is 2.60 bits per heavy atom. The van der Waals surface area contributed by atoms with Crippen LogP contribution in [0.3, 0.4) is 0 Å². The minimum Gasteiger partial charge on any atom is -0.375 e. The molecular weight excluding hydrogens is 268 g/mol. The zero-order valence-corrected chi connectivity index (χ0v) is 13.8. The fourth-order valence-corrected chi connectivity index (χ4v) is 5.25. The van der Waals surface area contributed by atoms with Gasteiger partial charge in [0, 0.05) is 6.61 Å². The minimum absolute atomic E-state index is 0.214. The summed E-state index contributed by atoms with van der Waals surface area (Å²) in [5.74, 6) is 0.725. The summed E-state index contributed by atoms with van der Waals surface area (Å²) in [5.41, 5.74) is 2.22. The van der Waals surface area contributed by atoms with E-state index in [4.69, 9.17) is 16.3 Å². The molecule has 1 saturated carbocycles. The molecule has 0 radical (unpaired) electrons. The molecule has 0 bridgehead atoms. The third-order valence-corrected chi connectivity index (χ3v) is 5.89. The SMILES string of the molecule is CC1(C)CC(C2CCOC3(CCCCC3)C2)=CC(Cl)C1. The first-order valence-corrected chi connectivity index (χ1v) is 8.90. The molecule has 1 aliphatic heterocycles. The van der Waals surface area contributed by atoms with Crippen molar-refractivity contribution in [3.05, 3.63) is 11.6 Å². The lowest BCUT2D eigenvalue weighted by Gasteiger charge is -2.46. The molecule has 0 aromatic carbocycles. The maximum absolute atomic E-state index is 6.48. The van der Waals surface area contributed by atoms with Crippen LogP contribution in [0.2, 0.25) is 0 Å². The molecule has 114 valence electrons. The van der Waals surface area contributed by atoms with Crippen LogP contribution in [0.15, 0.2) is 11.6 Å². The Kier molecular flexibility index (Phi) is 4.21. The first kappa shape index (κ1) is 14.9. The van der Waals surface area contributed by atoms with E-state index in [9.17, 15) is 0 Å². The van der Waals surface area contributed by atoms with Gasteiger partial charge in [0.2, 0.25) is 0 Å². The van der Waals surface area contributed by atoms with E-state index in [2.05, 4.69) is 19.9 Å². The third-order valence-electron chi connectivity index (χ3n) is 5.61.